The molecule has 4 nitrogen and oxygen atoms in total. The minimum absolute atomic E-state index is 0.126. The number of amides is 1. The number of carboxylic acids is 1. The second kappa shape index (κ2) is 7.53. The molecule has 0 spiro atoms. The molecule has 0 unspecified atom stereocenters. The highest BCUT2D eigenvalue weighted by atomic mass is 16.4. The van der Waals surface area contributed by atoms with Crippen LogP contribution in [0.1, 0.15) is 61.6 Å². The van der Waals surface area contributed by atoms with Crippen LogP contribution in [0, 0.1) is 42.9 Å². The summed E-state index contributed by atoms with van der Waals surface area (Å²) < 4.78 is 0. The lowest BCUT2D eigenvalue weighted by Gasteiger charge is -2.57. The van der Waals surface area contributed by atoms with Gasteiger partial charge >= 0.3 is 0 Å². The number of aliphatic carboxylic acids is 1. The van der Waals surface area contributed by atoms with Gasteiger partial charge in [0.1, 0.15) is 0 Å². The van der Waals surface area contributed by atoms with Gasteiger partial charge in [-0.05, 0) is 93.9 Å². The molecule has 0 aliphatic heterocycles. The highest BCUT2D eigenvalue weighted by Crippen LogP contribution is 2.59. The summed E-state index contributed by atoms with van der Waals surface area (Å²) >= 11 is 0. The Bertz CT molecular complexity index is 714. The van der Waals surface area contributed by atoms with Crippen molar-refractivity contribution in [3.63, 3.8) is 0 Å². The quantitative estimate of drug-likeness (QED) is 0.788. The maximum absolute atomic E-state index is 12.9. The van der Waals surface area contributed by atoms with Crippen LogP contribution in [0.5, 0.6) is 0 Å². The zero-order valence-electron chi connectivity index (χ0n) is 17.1. The Morgan fingerprint density at radius 1 is 1.04 bits per heavy atom. The van der Waals surface area contributed by atoms with E-state index in [9.17, 15) is 14.7 Å². The van der Waals surface area contributed by atoms with Gasteiger partial charge in [-0.3, -0.25) is 4.79 Å². The second-order valence-corrected chi connectivity index (χ2v) is 10.1. The van der Waals surface area contributed by atoms with Gasteiger partial charge in [0.2, 0.25) is 5.91 Å². The summed E-state index contributed by atoms with van der Waals surface area (Å²) in [6.07, 6.45) is 8.08. The molecule has 5 rings (SSSR count). The summed E-state index contributed by atoms with van der Waals surface area (Å²) in [5, 5.41) is 14.4. The van der Waals surface area contributed by atoms with Crippen molar-refractivity contribution in [1.82, 2.24) is 5.32 Å². The number of carbonyl (C=O) groups is 2. The highest BCUT2D eigenvalue weighted by Gasteiger charge is 2.50. The van der Waals surface area contributed by atoms with Gasteiger partial charge in [0, 0.05) is 18.4 Å². The van der Waals surface area contributed by atoms with E-state index in [0.29, 0.717) is 13.0 Å². The first kappa shape index (κ1) is 19.5. The number of carbonyl (C=O) groups excluding carboxylic acids is 2. The third-order valence-electron chi connectivity index (χ3n) is 7.35. The summed E-state index contributed by atoms with van der Waals surface area (Å²) in [6, 6.07) is 6.17. The summed E-state index contributed by atoms with van der Waals surface area (Å²) in [5.41, 5.74) is 3.55. The molecule has 4 aliphatic carbocycles. The average Bonchev–Trinajstić information content (AvgIpc) is 2.56. The lowest BCUT2D eigenvalue weighted by atomic mass is 9.49. The number of carboxylic acid groups (broad SMARTS) is 1. The van der Waals surface area contributed by atoms with E-state index in [-0.39, 0.29) is 17.7 Å². The molecule has 1 amide bonds. The molecule has 4 heteroatoms. The molecule has 152 valence electrons. The maximum atomic E-state index is 12.9. The summed E-state index contributed by atoms with van der Waals surface area (Å²) in [5.74, 6) is 0.686. The number of nitrogens with one attached hydrogen (secondary N) is 1. The minimum Gasteiger partial charge on any atom is -0.550 e. The summed E-state index contributed by atoms with van der Waals surface area (Å²) in [4.78, 5) is 24.2. The SMILES string of the molecule is Cc1cc(C)cc(C[C@H](CC(=O)[O-])C(=O)NCC23CC4CC(CC(C4)C2)C3)c1. The van der Waals surface area contributed by atoms with E-state index >= 15 is 0 Å². The molecule has 4 aliphatic rings. The van der Waals surface area contributed by atoms with E-state index in [4.69, 9.17) is 0 Å². The van der Waals surface area contributed by atoms with Gasteiger partial charge in [-0.15, -0.1) is 0 Å². The van der Waals surface area contributed by atoms with Crippen LogP contribution in [0.4, 0.5) is 0 Å². The molecule has 0 saturated heterocycles. The number of rotatable bonds is 7. The Morgan fingerprint density at radius 2 is 1.57 bits per heavy atom. The molecule has 0 radical (unpaired) electrons. The predicted octanol–water partition coefficient (Wildman–Crippen LogP) is 2.93. The van der Waals surface area contributed by atoms with Gasteiger partial charge in [0.25, 0.3) is 0 Å². The van der Waals surface area contributed by atoms with Crippen molar-refractivity contribution >= 4 is 11.9 Å². The minimum atomic E-state index is -1.15. The molecule has 0 heterocycles. The third kappa shape index (κ3) is 4.26. The smallest absolute Gasteiger partial charge is 0.223 e. The van der Waals surface area contributed by atoms with Gasteiger partial charge in [-0.1, -0.05) is 29.3 Å². The zero-order chi connectivity index (χ0) is 19.9. The Hall–Kier alpha value is -1.84. The van der Waals surface area contributed by atoms with Crippen LogP contribution in [-0.2, 0) is 16.0 Å². The standard InChI is InChI=1S/C24H33NO3/c1-15-3-16(2)5-17(4-15)9-21(10-22(26)27)23(28)25-14-24-11-18-6-19(12-24)8-20(7-18)13-24/h3-5,18-21H,6-14H2,1-2H3,(H,25,28)(H,26,27)/p-1/t18?,19?,20?,21-,24?/m1/s1. The maximum Gasteiger partial charge on any atom is 0.223 e. The number of hydrogen-bond donors (Lipinski definition) is 1. The lowest BCUT2D eigenvalue weighted by Crippen LogP contribution is -2.52. The van der Waals surface area contributed by atoms with Gasteiger partial charge < -0.3 is 15.2 Å². The van der Waals surface area contributed by atoms with E-state index in [1.807, 2.05) is 26.0 Å². The molecular weight excluding hydrogens is 350 g/mol. The first-order chi connectivity index (χ1) is 13.3. The van der Waals surface area contributed by atoms with Crippen LogP contribution in [0.3, 0.4) is 0 Å². The average molecular weight is 383 g/mol. The second-order valence-electron chi connectivity index (χ2n) is 10.1. The molecule has 4 saturated carbocycles. The number of aryl methyl sites for hydroxylation is 2. The third-order valence-corrected chi connectivity index (χ3v) is 7.35. The fourth-order valence-corrected chi connectivity index (χ4v) is 6.86. The van der Waals surface area contributed by atoms with Crippen LogP contribution in [0.15, 0.2) is 18.2 Å². The van der Waals surface area contributed by atoms with Crippen molar-refractivity contribution in [3.8, 4) is 0 Å². The fourth-order valence-electron chi connectivity index (χ4n) is 6.86. The van der Waals surface area contributed by atoms with Crippen molar-refractivity contribution < 1.29 is 14.7 Å². The van der Waals surface area contributed by atoms with Crippen LogP contribution >= 0.6 is 0 Å². The number of hydrogen-bond acceptors (Lipinski definition) is 3. The summed E-state index contributed by atoms with van der Waals surface area (Å²) in [6.45, 7) is 4.76. The van der Waals surface area contributed by atoms with Gasteiger partial charge in [0.05, 0.1) is 0 Å². The molecule has 1 N–H and O–H groups in total. The van der Waals surface area contributed by atoms with Crippen molar-refractivity contribution in [2.75, 3.05) is 6.54 Å². The largest absolute Gasteiger partial charge is 0.550 e. The topological polar surface area (TPSA) is 69.2 Å². The van der Waals surface area contributed by atoms with Gasteiger partial charge in [-0.25, -0.2) is 0 Å². The van der Waals surface area contributed by atoms with Crippen molar-refractivity contribution in [1.29, 1.82) is 0 Å². The Labute approximate surface area is 168 Å². The van der Waals surface area contributed by atoms with E-state index in [1.165, 1.54) is 38.5 Å². The first-order valence-corrected chi connectivity index (χ1v) is 10.8. The Morgan fingerprint density at radius 3 is 2.07 bits per heavy atom. The van der Waals surface area contributed by atoms with E-state index < -0.39 is 11.9 Å². The normalized spacial score (nSPS) is 31.6. The summed E-state index contributed by atoms with van der Waals surface area (Å²) in [7, 11) is 0. The van der Waals surface area contributed by atoms with E-state index in [1.54, 1.807) is 0 Å². The number of benzene rings is 1. The molecular formula is C24H32NO3-. The van der Waals surface area contributed by atoms with Gasteiger partial charge in [-0.2, -0.15) is 0 Å². The van der Waals surface area contributed by atoms with Crippen molar-refractivity contribution in [3.05, 3.63) is 34.9 Å². The zero-order valence-corrected chi connectivity index (χ0v) is 17.1. The monoisotopic (exact) mass is 382 g/mol. The van der Waals surface area contributed by atoms with E-state index in [0.717, 1.165) is 34.4 Å². The fraction of sp³-hybridized carbons (Fsp3) is 0.667. The molecule has 0 aromatic heterocycles. The lowest BCUT2D eigenvalue weighted by molar-refractivity contribution is -0.306. The molecule has 1 aromatic rings. The molecule has 28 heavy (non-hydrogen) atoms. The van der Waals surface area contributed by atoms with Gasteiger partial charge in [0.15, 0.2) is 0 Å². The van der Waals surface area contributed by atoms with Crippen LogP contribution < -0.4 is 10.4 Å². The van der Waals surface area contributed by atoms with Crippen LogP contribution in [0.2, 0.25) is 0 Å². The first-order valence-electron chi connectivity index (χ1n) is 10.8. The van der Waals surface area contributed by atoms with Crippen LogP contribution in [-0.4, -0.2) is 18.4 Å². The van der Waals surface area contributed by atoms with E-state index in [2.05, 4.69) is 11.4 Å². The highest BCUT2D eigenvalue weighted by molar-refractivity contribution is 5.83. The van der Waals surface area contributed by atoms with Crippen molar-refractivity contribution in [2.24, 2.45) is 29.1 Å². The molecule has 1 atom stereocenters. The molecule has 4 fully saturated rings. The molecule has 1 aromatic carbocycles. The Kier molecular flexibility index (Phi) is 5.24. The predicted molar refractivity (Wildman–Crippen MR) is 106 cm³/mol. The molecule has 4 bridgehead atoms. The van der Waals surface area contributed by atoms with Crippen LogP contribution in [0.25, 0.3) is 0 Å². The van der Waals surface area contributed by atoms with Crippen molar-refractivity contribution in [2.45, 2.75) is 65.2 Å². The Balaban J connectivity index is 1.42.